The molecule has 1 saturated heterocycles. The van der Waals surface area contributed by atoms with E-state index in [0.717, 1.165) is 5.56 Å². The second-order valence-corrected chi connectivity index (χ2v) is 2.73. The lowest BCUT2D eigenvalue weighted by molar-refractivity contribution is -0.160. The number of hydrogen-bond acceptors (Lipinski definition) is 3. The quantitative estimate of drug-likeness (QED) is 0.669. The lowest BCUT2D eigenvalue weighted by Gasteiger charge is -2.21. The molecule has 0 atom stereocenters. The first-order valence-corrected chi connectivity index (χ1v) is 3.93. The van der Waals surface area contributed by atoms with Crippen molar-refractivity contribution in [1.29, 1.82) is 0 Å². The predicted molar refractivity (Wildman–Crippen MR) is 44.2 cm³/mol. The fraction of sp³-hybridized carbons (Fsp3) is 0.333. The minimum Gasteiger partial charge on any atom is -0.331 e. The van der Waals surface area contributed by atoms with Gasteiger partial charge in [-0.05, 0) is 0 Å². The second kappa shape index (κ2) is 2.86. The molecular formula is C9H11NO2. The highest BCUT2D eigenvalue weighted by Gasteiger charge is 2.33. The van der Waals surface area contributed by atoms with Gasteiger partial charge in [0.05, 0.1) is 13.2 Å². The molecule has 3 heteroatoms. The van der Waals surface area contributed by atoms with Crippen molar-refractivity contribution < 1.29 is 9.47 Å². The van der Waals surface area contributed by atoms with E-state index in [4.69, 9.17) is 15.2 Å². The largest absolute Gasteiger partial charge is 0.331 e. The van der Waals surface area contributed by atoms with Crippen molar-refractivity contribution in [3.05, 3.63) is 35.9 Å². The van der Waals surface area contributed by atoms with Crippen LogP contribution >= 0.6 is 0 Å². The van der Waals surface area contributed by atoms with Gasteiger partial charge in [-0.15, -0.1) is 0 Å². The van der Waals surface area contributed by atoms with Crippen molar-refractivity contribution in [2.24, 2.45) is 5.73 Å². The summed E-state index contributed by atoms with van der Waals surface area (Å²) in [4.78, 5) is 0. The third-order valence-corrected chi connectivity index (χ3v) is 1.89. The molecule has 12 heavy (non-hydrogen) atoms. The zero-order valence-electron chi connectivity index (χ0n) is 6.69. The van der Waals surface area contributed by atoms with Gasteiger partial charge in [0, 0.05) is 5.56 Å². The Morgan fingerprint density at radius 2 is 1.67 bits per heavy atom. The first kappa shape index (κ1) is 7.73. The van der Waals surface area contributed by atoms with Crippen LogP contribution in [0.1, 0.15) is 5.56 Å². The van der Waals surface area contributed by atoms with Crippen LogP contribution in [-0.4, -0.2) is 13.2 Å². The van der Waals surface area contributed by atoms with E-state index in [-0.39, 0.29) is 0 Å². The summed E-state index contributed by atoms with van der Waals surface area (Å²) in [5.74, 6) is -1.01. The molecule has 2 rings (SSSR count). The smallest absolute Gasteiger partial charge is 0.253 e. The second-order valence-electron chi connectivity index (χ2n) is 2.73. The minimum atomic E-state index is -1.01. The number of hydrogen-bond donors (Lipinski definition) is 1. The Labute approximate surface area is 71.1 Å². The summed E-state index contributed by atoms with van der Waals surface area (Å²) in [6.45, 7) is 1.12. The van der Waals surface area contributed by atoms with Crippen LogP contribution in [0.2, 0.25) is 0 Å². The molecule has 0 bridgehead atoms. The highest BCUT2D eigenvalue weighted by atomic mass is 16.8. The van der Waals surface area contributed by atoms with E-state index in [1.54, 1.807) is 0 Å². The fourth-order valence-electron chi connectivity index (χ4n) is 1.27. The number of benzene rings is 1. The summed E-state index contributed by atoms with van der Waals surface area (Å²) in [5, 5.41) is 0. The van der Waals surface area contributed by atoms with Crippen molar-refractivity contribution in [1.82, 2.24) is 0 Å². The van der Waals surface area contributed by atoms with Crippen LogP contribution in [-0.2, 0) is 15.4 Å². The van der Waals surface area contributed by atoms with Gasteiger partial charge in [-0.1, -0.05) is 30.3 Å². The lowest BCUT2D eigenvalue weighted by atomic mass is 10.2. The number of ether oxygens (including phenoxy) is 2. The maximum atomic E-state index is 5.84. The Morgan fingerprint density at radius 3 is 2.25 bits per heavy atom. The number of nitrogens with two attached hydrogens (primary N) is 1. The Balaban J connectivity index is 2.29. The van der Waals surface area contributed by atoms with Crippen LogP contribution in [0.25, 0.3) is 0 Å². The van der Waals surface area contributed by atoms with E-state index in [1.807, 2.05) is 30.3 Å². The molecule has 64 valence electrons. The van der Waals surface area contributed by atoms with Crippen molar-refractivity contribution in [2.75, 3.05) is 13.2 Å². The van der Waals surface area contributed by atoms with Gasteiger partial charge in [0.2, 0.25) is 0 Å². The normalized spacial score (nSPS) is 21.1. The first-order valence-electron chi connectivity index (χ1n) is 3.93. The molecule has 1 aromatic rings. The van der Waals surface area contributed by atoms with E-state index < -0.39 is 5.91 Å². The summed E-state index contributed by atoms with van der Waals surface area (Å²) >= 11 is 0. The molecular weight excluding hydrogens is 154 g/mol. The van der Waals surface area contributed by atoms with Gasteiger partial charge in [-0.3, -0.25) is 5.73 Å². The monoisotopic (exact) mass is 165 g/mol. The summed E-state index contributed by atoms with van der Waals surface area (Å²) in [6.07, 6.45) is 0. The van der Waals surface area contributed by atoms with E-state index in [9.17, 15) is 0 Å². The van der Waals surface area contributed by atoms with Crippen molar-refractivity contribution in [2.45, 2.75) is 5.91 Å². The Hall–Kier alpha value is -0.900. The van der Waals surface area contributed by atoms with Crippen LogP contribution < -0.4 is 5.73 Å². The molecule has 3 nitrogen and oxygen atoms in total. The molecule has 0 unspecified atom stereocenters. The van der Waals surface area contributed by atoms with Crippen molar-refractivity contribution in [3.8, 4) is 0 Å². The summed E-state index contributed by atoms with van der Waals surface area (Å²) in [5.41, 5.74) is 6.70. The molecule has 0 saturated carbocycles. The first-order chi connectivity index (χ1) is 5.81. The molecule has 0 aliphatic carbocycles. The summed E-state index contributed by atoms with van der Waals surface area (Å²) in [7, 11) is 0. The van der Waals surface area contributed by atoms with E-state index in [1.165, 1.54) is 0 Å². The van der Waals surface area contributed by atoms with E-state index >= 15 is 0 Å². The lowest BCUT2D eigenvalue weighted by Crippen LogP contribution is -2.37. The van der Waals surface area contributed by atoms with Crippen LogP contribution in [0.3, 0.4) is 0 Å². The Bertz CT molecular complexity index is 254. The molecule has 2 N–H and O–H groups in total. The zero-order valence-corrected chi connectivity index (χ0v) is 6.69. The Morgan fingerprint density at radius 1 is 1.08 bits per heavy atom. The van der Waals surface area contributed by atoms with Gasteiger partial charge in [0.25, 0.3) is 5.91 Å². The third kappa shape index (κ3) is 1.22. The molecule has 1 aliphatic heterocycles. The molecule has 1 aromatic carbocycles. The maximum Gasteiger partial charge on any atom is 0.253 e. The average Bonchev–Trinajstić information content (AvgIpc) is 2.55. The highest BCUT2D eigenvalue weighted by molar-refractivity contribution is 5.19. The van der Waals surface area contributed by atoms with Gasteiger partial charge >= 0.3 is 0 Å². The molecule has 0 radical (unpaired) electrons. The maximum absolute atomic E-state index is 5.84. The zero-order chi connectivity index (χ0) is 8.44. The van der Waals surface area contributed by atoms with E-state index in [0.29, 0.717) is 13.2 Å². The predicted octanol–water partition coefficient (Wildman–Crippen LogP) is 0.802. The van der Waals surface area contributed by atoms with Crippen molar-refractivity contribution in [3.63, 3.8) is 0 Å². The molecule has 0 amide bonds. The van der Waals surface area contributed by atoms with Crippen LogP contribution in [0, 0.1) is 0 Å². The standard InChI is InChI=1S/C9H11NO2/c10-9(11-6-7-12-9)8-4-2-1-3-5-8/h1-5H,6-7,10H2. The van der Waals surface area contributed by atoms with Gasteiger partial charge in [0.1, 0.15) is 0 Å². The summed E-state index contributed by atoms with van der Waals surface area (Å²) < 4.78 is 10.6. The Kier molecular flexibility index (Phi) is 1.84. The summed E-state index contributed by atoms with van der Waals surface area (Å²) in [6, 6.07) is 9.54. The van der Waals surface area contributed by atoms with Gasteiger partial charge < -0.3 is 9.47 Å². The van der Waals surface area contributed by atoms with Crippen LogP contribution in [0.5, 0.6) is 0 Å². The minimum absolute atomic E-state index is 0.561. The highest BCUT2D eigenvalue weighted by Crippen LogP contribution is 2.24. The van der Waals surface area contributed by atoms with Crippen molar-refractivity contribution >= 4 is 0 Å². The van der Waals surface area contributed by atoms with Gasteiger partial charge in [-0.2, -0.15) is 0 Å². The molecule has 1 heterocycles. The number of rotatable bonds is 1. The van der Waals surface area contributed by atoms with Crippen LogP contribution in [0.15, 0.2) is 30.3 Å². The van der Waals surface area contributed by atoms with Gasteiger partial charge in [0.15, 0.2) is 0 Å². The molecule has 0 spiro atoms. The van der Waals surface area contributed by atoms with E-state index in [2.05, 4.69) is 0 Å². The fourth-order valence-corrected chi connectivity index (χ4v) is 1.27. The molecule has 1 fully saturated rings. The average molecular weight is 165 g/mol. The molecule has 0 aromatic heterocycles. The third-order valence-electron chi connectivity index (χ3n) is 1.89. The topological polar surface area (TPSA) is 44.5 Å². The van der Waals surface area contributed by atoms with Crippen LogP contribution in [0.4, 0.5) is 0 Å². The van der Waals surface area contributed by atoms with Gasteiger partial charge in [-0.25, -0.2) is 0 Å². The molecule has 1 aliphatic rings. The SMILES string of the molecule is NC1(c2ccccc2)OCCO1.